The summed E-state index contributed by atoms with van der Waals surface area (Å²) in [5.74, 6) is -0.0944. The average Bonchev–Trinajstić information content (AvgIpc) is 2.65. The van der Waals surface area contributed by atoms with E-state index in [-0.39, 0.29) is 11.6 Å². The molecule has 0 saturated carbocycles. The molecule has 0 aliphatic carbocycles. The van der Waals surface area contributed by atoms with Crippen molar-refractivity contribution in [3.63, 3.8) is 0 Å². The second-order valence-electron chi connectivity index (χ2n) is 5.97. The van der Waals surface area contributed by atoms with Crippen LogP contribution < -0.4 is 4.90 Å². The molecule has 2 aromatic rings. The summed E-state index contributed by atoms with van der Waals surface area (Å²) in [7, 11) is 0. The van der Waals surface area contributed by atoms with Crippen molar-refractivity contribution in [2.75, 3.05) is 4.90 Å². The van der Waals surface area contributed by atoms with E-state index in [1.807, 2.05) is 19.1 Å². The Kier molecular flexibility index (Phi) is 5.23. The van der Waals surface area contributed by atoms with Crippen LogP contribution in [0.3, 0.4) is 0 Å². The van der Waals surface area contributed by atoms with E-state index in [9.17, 15) is 14.9 Å². The molecule has 1 aliphatic rings. The van der Waals surface area contributed by atoms with E-state index in [2.05, 4.69) is 0 Å². The Morgan fingerprint density at radius 2 is 1.81 bits per heavy atom. The predicted octanol–water partition coefficient (Wildman–Crippen LogP) is 4.35. The fraction of sp³-hybridized carbons (Fsp3) is 0.211. The van der Waals surface area contributed by atoms with E-state index in [4.69, 9.17) is 11.6 Å². The van der Waals surface area contributed by atoms with E-state index in [1.54, 1.807) is 52.5 Å². The topological polar surface area (TPSA) is 66.7 Å². The van der Waals surface area contributed by atoms with Gasteiger partial charge in [-0.05, 0) is 30.2 Å². The lowest BCUT2D eigenvalue weighted by molar-refractivity contribution is -0.384. The lowest BCUT2D eigenvalue weighted by atomic mass is 10.1. The van der Waals surface area contributed by atoms with Crippen molar-refractivity contribution in [2.45, 2.75) is 25.9 Å². The summed E-state index contributed by atoms with van der Waals surface area (Å²) in [6.45, 7) is 2.32. The average molecular weight is 372 g/mol. The Labute approximate surface area is 156 Å². The molecule has 7 heteroatoms. The third-order valence-corrected chi connectivity index (χ3v) is 4.57. The normalized spacial score (nSPS) is 16.8. The molecule has 0 saturated heterocycles. The summed E-state index contributed by atoms with van der Waals surface area (Å²) < 4.78 is 0. The first kappa shape index (κ1) is 17.9. The van der Waals surface area contributed by atoms with Crippen molar-refractivity contribution in [3.05, 3.63) is 81.6 Å². The predicted molar refractivity (Wildman–Crippen MR) is 101 cm³/mol. The minimum Gasteiger partial charge on any atom is -0.328 e. The van der Waals surface area contributed by atoms with Crippen LogP contribution in [0.2, 0.25) is 5.02 Å². The van der Waals surface area contributed by atoms with Gasteiger partial charge < -0.3 is 9.80 Å². The highest BCUT2D eigenvalue weighted by molar-refractivity contribution is 6.30. The van der Waals surface area contributed by atoms with E-state index >= 15 is 0 Å². The lowest BCUT2D eigenvalue weighted by Gasteiger charge is -2.36. The van der Waals surface area contributed by atoms with Gasteiger partial charge in [0, 0.05) is 23.5 Å². The summed E-state index contributed by atoms with van der Waals surface area (Å²) in [6.07, 6.45) is 3.93. The SMILES string of the molecule is CCC1C(=O)N(Cc2ccc(Cl)cc2)C=CN1c1ccccc1[N+](=O)[O-]. The standard InChI is InChI=1S/C19H18ClN3O3/c1-2-16-19(24)21(13-14-7-9-15(20)10-8-14)11-12-22(16)17-5-3-4-6-18(17)23(25)26/h3-12,16H,2,13H2,1H3. The maximum absolute atomic E-state index is 12.9. The van der Waals surface area contributed by atoms with E-state index in [1.165, 1.54) is 6.07 Å². The minimum atomic E-state index is -0.492. The zero-order chi connectivity index (χ0) is 18.7. The first-order valence-corrected chi connectivity index (χ1v) is 8.64. The molecule has 6 nitrogen and oxygen atoms in total. The van der Waals surface area contributed by atoms with Crippen molar-refractivity contribution >= 4 is 28.9 Å². The number of benzene rings is 2. The summed E-state index contributed by atoms with van der Waals surface area (Å²) in [4.78, 5) is 27.1. The molecular weight excluding hydrogens is 354 g/mol. The Balaban J connectivity index is 1.90. The van der Waals surface area contributed by atoms with Gasteiger partial charge in [-0.2, -0.15) is 0 Å². The highest BCUT2D eigenvalue weighted by Crippen LogP contribution is 2.32. The Morgan fingerprint density at radius 1 is 1.12 bits per heavy atom. The molecule has 0 bridgehead atoms. The zero-order valence-corrected chi connectivity index (χ0v) is 15.0. The number of carbonyl (C=O) groups excluding carboxylic acids is 1. The zero-order valence-electron chi connectivity index (χ0n) is 14.2. The molecule has 1 unspecified atom stereocenters. The van der Waals surface area contributed by atoms with Crippen LogP contribution in [0.5, 0.6) is 0 Å². The smallest absolute Gasteiger partial charge is 0.292 e. The maximum atomic E-state index is 12.9. The monoisotopic (exact) mass is 371 g/mol. The van der Waals surface area contributed by atoms with Gasteiger partial charge in [-0.25, -0.2) is 0 Å². The largest absolute Gasteiger partial charge is 0.328 e. The van der Waals surface area contributed by atoms with Crippen molar-refractivity contribution in [2.24, 2.45) is 0 Å². The number of nitrogens with zero attached hydrogens (tertiary/aromatic N) is 3. The fourth-order valence-electron chi connectivity index (χ4n) is 3.01. The second-order valence-corrected chi connectivity index (χ2v) is 6.40. The fourth-order valence-corrected chi connectivity index (χ4v) is 3.14. The number of carbonyl (C=O) groups is 1. The number of halogens is 1. The molecule has 1 amide bonds. The van der Waals surface area contributed by atoms with Crippen molar-refractivity contribution in [1.29, 1.82) is 0 Å². The Hall–Kier alpha value is -2.86. The number of amides is 1. The number of nitro groups is 1. The molecule has 2 aromatic carbocycles. The van der Waals surface area contributed by atoms with Crippen LogP contribution >= 0.6 is 11.6 Å². The van der Waals surface area contributed by atoms with Gasteiger partial charge in [-0.15, -0.1) is 0 Å². The van der Waals surface area contributed by atoms with Gasteiger partial charge >= 0.3 is 0 Å². The third-order valence-electron chi connectivity index (χ3n) is 4.32. The first-order valence-electron chi connectivity index (χ1n) is 8.26. The molecule has 0 radical (unpaired) electrons. The van der Waals surface area contributed by atoms with Crippen LogP contribution in [0.15, 0.2) is 60.9 Å². The van der Waals surface area contributed by atoms with Gasteiger partial charge in [-0.1, -0.05) is 42.8 Å². The molecular formula is C19H18ClN3O3. The molecule has 26 heavy (non-hydrogen) atoms. The molecule has 1 heterocycles. The first-order chi connectivity index (χ1) is 12.5. The molecule has 0 N–H and O–H groups in total. The number of hydrogen-bond acceptors (Lipinski definition) is 4. The summed E-state index contributed by atoms with van der Waals surface area (Å²) in [5, 5.41) is 12.0. The van der Waals surface area contributed by atoms with Crippen LogP contribution in [0, 0.1) is 10.1 Å². The number of hydrogen-bond donors (Lipinski definition) is 0. The maximum Gasteiger partial charge on any atom is 0.292 e. The van der Waals surface area contributed by atoms with Gasteiger partial charge in [0.1, 0.15) is 11.7 Å². The van der Waals surface area contributed by atoms with Crippen molar-refractivity contribution < 1.29 is 9.72 Å². The molecule has 0 fully saturated rings. The quantitative estimate of drug-likeness (QED) is 0.579. The van der Waals surface area contributed by atoms with E-state index in [0.29, 0.717) is 23.7 Å². The highest BCUT2D eigenvalue weighted by atomic mass is 35.5. The highest BCUT2D eigenvalue weighted by Gasteiger charge is 2.33. The van der Waals surface area contributed by atoms with E-state index in [0.717, 1.165) is 5.56 Å². The van der Waals surface area contributed by atoms with Crippen molar-refractivity contribution in [1.82, 2.24) is 4.90 Å². The van der Waals surface area contributed by atoms with Crippen LogP contribution in [-0.2, 0) is 11.3 Å². The van der Waals surface area contributed by atoms with Gasteiger partial charge in [0.25, 0.3) is 5.69 Å². The minimum absolute atomic E-state index is 0.0189. The second kappa shape index (κ2) is 7.58. The third kappa shape index (κ3) is 3.55. The number of anilines is 1. The number of nitro benzene ring substituents is 1. The molecule has 0 spiro atoms. The van der Waals surface area contributed by atoms with Crippen LogP contribution in [0.4, 0.5) is 11.4 Å². The Bertz CT molecular complexity index is 851. The lowest BCUT2D eigenvalue weighted by Crippen LogP contribution is -2.48. The van der Waals surface area contributed by atoms with Gasteiger partial charge in [0.05, 0.1) is 11.5 Å². The molecule has 3 rings (SSSR count). The summed E-state index contributed by atoms with van der Waals surface area (Å²) in [6, 6.07) is 13.3. The number of rotatable bonds is 5. The van der Waals surface area contributed by atoms with Gasteiger partial charge in [-0.3, -0.25) is 14.9 Å². The van der Waals surface area contributed by atoms with Crippen LogP contribution in [0.25, 0.3) is 0 Å². The van der Waals surface area contributed by atoms with Crippen LogP contribution in [0.1, 0.15) is 18.9 Å². The molecule has 1 atom stereocenters. The summed E-state index contributed by atoms with van der Waals surface area (Å²) in [5.41, 5.74) is 1.36. The summed E-state index contributed by atoms with van der Waals surface area (Å²) >= 11 is 5.90. The van der Waals surface area contributed by atoms with E-state index < -0.39 is 11.0 Å². The van der Waals surface area contributed by atoms with Crippen LogP contribution in [-0.4, -0.2) is 21.8 Å². The molecule has 0 aromatic heterocycles. The Morgan fingerprint density at radius 3 is 2.46 bits per heavy atom. The van der Waals surface area contributed by atoms with Gasteiger partial charge in [0.15, 0.2) is 0 Å². The molecule has 134 valence electrons. The number of para-hydroxylation sites is 2. The van der Waals surface area contributed by atoms with Crippen molar-refractivity contribution in [3.8, 4) is 0 Å². The molecule has 1 aliphatic heterocycles. The van der Waals surface area contributed by atoms with Gasteiger partial charge in [0.2, 0.25) is 5.91 Å².